The van der Waals surface area contributed by atoms with Crippen LogP contribution in [0.3, 0.4) is 0 Å². The summed E-state index contributed by atoms with van der Waals surface area (Å²) in [5.41, 5.74) is 3.23. The lowest BCUT2D eigenvalue weighted by Crippen LogP contribution is -2.36. The number of guanidine groups is 1. The number of hydrogen-bond acceptors (Lipinski definition) is 5. The molecule has 1 aromatic heterocycles. The Hall–Kier alpha value is -3.06. The minimum atomic E-state index is 0.534. The molecule has 0 bridgehead atoms. The third-order valence-corrected chi connectivity index (χ3v) is 5.75. The molecule has 6 nitrogen and oxygen atoms in total. The molecule has 7 heteroatoms. The number of hydrogen-bond donors (Lipinski definition) is 2. The third kappa shape index (κ3) is 5.51. The Labute approximate surface area is 182 Å². The molecule has 0 aliphatic heterocycles. The van der Waals surface area contributed by atoms with E-state index in [-0.39, 0.29) is 0 Å². The number of nitrogens with zero attached hydrogens (tertiary/aromatic N) is 2. The van der Waals surface area contributed by atoms with E-state index in [1.54, 1.807) is 25.6 Å². The summed E-state index contributed by atoms with van der Waals surface area (Å²) >= 11 is 1.71. The van der Waals surface area contributed by atoms with Crippen LogP contribution in [-0.2, 0) is 13.1 Å². The maximum absolute atomic E-state index is 5.38. The SMILES string of the molecule is CCNC(=NCc1ccc(OC)c(OC)c1)NCc1sc(-c2ccccc2)nc1C. The van der Waals surface area contributed by atoms with Crippen LogP contribution >= 0.6 is 11.3 Å². The molecule has 0 radical (unpaired) electrons. The van der Waals surface area contributed by atoms with E-state index in [4.69, 9.17) is 19.5 Å². The summed E-state index contributed by atoms with van der Waals surface area (Å²) in [4.78, 5) is 10.6. The van der Waals surface area contributed by atoms with Gasteiger partial charge in [0.05, 0.1) is 33.0 Å². The van der Waals surface area contributed by atoms with Crippen LogP contribution in [0.2, 0.25) is 0 Å². The zero-order valence-electron chi connectivity index (χ0n) is 17.9. The Morgan fingerprint density at radius 3 is 2.50 bits per heavy atom. The first-order chi connectivity index (χ1) is 14.6. The van der Waals surface area contributed by atoms with E-state index in [1.165, 1.54) is 4.88 Å². The normalized spacial score (nSPS) is 11.3. The van der Waals surface area contributed by atoms with Crippen LogP contribution in [0.5, 0.6) is 11.5 Å². The van der Waals surface area contributed by atoms with Crippen LogP contribution < -0.4 is 20.1 Å². The molecule has 2 N–H and O–H groups in total. The van der Waals surface area contributed by atoms with Crippen molar-refractivity contribution in [2.75, 3.05) is 20.8 Å². The van der Waals surface area contributed by atoms with E-state index >= 15 is 0 Å². The molecule has 0 atom stereocenters. The van der Waals surface area contributed by atoms with Gasteiger partial charge in [-0.3, -0.25) is 0 Å². The van der Waals surface area contributed by atoms with Gasteiger partial charge >= 0.3 is 0 Å². The number of benzene rings is 2. The van der Waals surface area contributed by atoms with Gasteiger partial charge in [0, 0.05) is 17.0 Å². The average Bonchev–Trinajstić information content (AvgIpc) is 3.16. The van der Waals surface area contributed by atoms with Crippen LogP contribution in [0.25, 0.3) is 10.6 Å². The first kappa shape index (κ1) is 21.6. The molecule has 0 aliphatic carbocycles. The first-order valence-electron chi connectivity index (χ1n) is 9.89. The van der Waals surface area contributed by atoms with Gasteiger partial charge in [0.15, 0.2) is 17.5 Å². The van der Waals surface area contributed by atoms with Gasteiger partial charge in [-0.2, -0.15) is 0 Å². The Bertz CT molecular complexity index is 986. The fraction of sp³-hybridized carbons (Fsp3) is 0.304. The second-order valence-corrected chi connectivity index (χ2v) is 7.72. The molecular weight excluding hydrogens is 396 g/mol. The Balaban J connectivity index is 1.68. The maximum atomic E-state index is 5.38. The summed E-state index contributed by atoms with van der Waals surface area (Å²) < 4.78 is 10.7. The zero-order valence-corrected chi connectivity index (χ0v) is 18.7. The molecular formula is C23H28N4O2S. The van der Waals surface area contributed by atoms with E-state index in [1.807, 2.05) is 43.3 Å². The van der Waals surface area contributed by atoms with E-state index in [0.717, 1.165) is 34.3 Å². The van der Waals surface area contributed by atoms with Gasteiger partial charge < -0.3 is 20.1 Å². The summed E-state index contributed by atoms with van der Waals surface area (Å²) in [7, 11) is 3.27. The number of nitrogens with one attached hydrogen (secondary N) is 2. The standard InChI is InChI=1S/C23H28N4O2S/c1-5-24-23(25-14-17-11-12-19(28-3)20(13-17)29-4)26-15-21-16(2)27-22(30-21)18-9-7-6-8-10-18/h6-13H,5,14-15H2,1-4H3,(H2,24,25,26). The molecule has 0 aliphatic rings. The second kappa shape index (κ2) is 10.6. The van der Waals surface area contributed by atoms with Crippen molar-refractivity contribution < 1.29 is 9.47 Å². The third-order valence-electron chi connectivity index (χ3n) is 4.54. The number of rotatable bonds is 8. The molecule has 3 aromatic rings. The van der Waals surface area contributed by atoms with Crippen LogP contribution in [0.4, 0.5) is 0 Å². The molecule has 30 heavy (non-hydrogen) atoms. The van der Waals surface area contributed by atoms with Crippen molar-refractivity contribution in [3.8, 4) is 22.1 Å². The summed E-state index contributed by atoms with van der Waals surface area (Å²) in [6, 6.07) is 16.1. The quantitative estimate of drug-likeness (QED) is 0.415. The zero-order chi connectivity index (χ0) is 21.3. The van der Waals surface area contributed by atoms with Crippen molar-refractivity contribution in [3.63, 3.8) is 0 Å². The number of aromatic nitrogens is 1. The molecule has 3 rings (SSSR count). The van der Waals surface area contributed by atoms with Crippen LogP contribution in [0, 0.1) is 6.92 Å². The second-order valence-electron chi connectivity index (χ2n) is 6.63. The van der Waals surface area contributed by atoms with Crippen LogP contribution in [-0.4, -0.2) is 31.7 Å². The molecule has 0 saturated carbocycles. The van der Waals surface area contributed by atoms with E-state index in [0.29, 0.717) is 24.6 Å². The van der Waals surface area contributed by atoms with Crippen molar-refractivity contribution in [1.82, 2.24) is 15.6 Å². The first-order valence-corrected chi connectivity index (χ1v) is 10.7. The highest BCUT2D eigenvalue weighted by Gasteiger charge is 2.10. The number of ether oxygens (including phenoxy) is 2. The fourth-order valence-corrected chi connectivity index (χ4v) is 3.96. The minimum Gasteiger partial charge on any atom is -0.493 e. The summed E-state index contributed by atoms with van der Waals surface area (Å²) in [5, 5.41) is 7.76. The van der Waals surface area contributed by atoms with Gasteiger partial charge in [0.2, 0.25) is 0 Å². The molecule has 2 aromatic carbocycles. The van der Waals surface area contributed by atoms with Gasteiger partial charge in [-0.05, 0) is 31.5 Å². The van der Waals surface area contributed by atoms with Crippen molar-refractivity contribution >= 4 is 17.3 Å². The van der Waals surface area contributed by atoms with E-state index in [2.05, 4.69) is 29.7 Å². The number of methoxy groups -OCH3 is 2. The van der Waals surface area contributed by atoms with Crippen molar-refractivity contribution in [2.24, 2.45) is 4.99 Å². The van der Waals surface area contributed by atoms with Gasteiger partial charge in [0.25, 0.3) is 0 Å². The maximum Gasteiger partial charge on any atom is 0.191 e. The van der Waals surface area contributed by atoms with Crippen molar-refractivity contribution in [3.05, 3.63) is 64.7 Å². The van der Waals surface area contributed by atoms with Gasteiger partial charge in [-0.15, -0.1) is 11.3 Å². The van der Waals surface area contributed by atoms with E-state index in [9.17, 15) is 0 Å². The van der Waals surface area contributed by atoms with E-state index < -0.39 is 0 Å². The highest BCUT2D eigenvalue weighted by atomic mass is 32.1. The molecule has 1 heterocycles. The van der Waals surface area contributed by atoms with Gasteiger partial charge in [-0.25, -0.2) is 9.98 Å². The molecule has 0 fully saturated rings. The van der Waals surface area contributed by atoms with Gasteiger partial charge in [-0.1, -0.05) is 36.4 Å². The van der Waals surface area contributed by atoms with Crippen molar-refractivity contribution in [2.45, 2.75) is 26.9 Å². The predicted octanol–water partition coefficient (Wildman–Crippen LogP) is 4.39. The number of thiazole rings is 1. The monoisotopic (exact) mass is 424 g/mol. The largest absolute Gasteiger partial charge is 0.493 e. The Kier molecular flexibility index (Phi) is 7.68. The lowest BCUT2D eigenvalue weighted by molar-refractivity contribution is 0.354. The molecule has 158 valence electrons. The smallest absolute Gasteiger partial charge is 0.191 e. The molecule has 0 amide bonds. The summed E-state index contributed by atoms with van der Waals surface area (Å²) in [6.07, 6.45) is 0. The highest BCUT2D eigenvalue weighted by Crippen LogP contribution is 2.28. The van der Waals surface area contributed by atoms with Crippen LogP contribution in [0.1, 0.15) is 23.1 Å². The molecule has 0 unspecified atom stereocenters. The number of aryl methyl sites for hydroxylation is 1. The van der Waals surface area contributed by atoms with Crippen molar-refractivity contribution in [1.29, 1.82) is 0 Å². The minimum absolute atomic E-state index is 0.534. The number of aliphatic imine (C=N–C) groups is 1. The predicted molar refractivity (Wildman–Crippen MR) is 123 cm³/mol. The topological polar surface area (TPSA) is 67.8 Å². The molecule has 0 spiro atoms. The molecule has 0 saturated heterocycles. The average molecular weight is 425 g/mol. The summed E-state index contributed by atoms with van der Waals surface area (Å²) in [5.74, 6) is 2.18. The summed E-state index contributed by atoms with van der Waals surface area (Å²) in [6.45, 7) is 6.10. The Morgan fingerprint density at radius 2 is 1.80 bits per heavy atom. The lowest BCUT2D eigenvalue weighted by Gasteiger charge is -2.12. The van der Waals surface area contributed by atoms with Crippen LogP contribution in [0.15, 0.2) is 53.5 Å². The highest BCUT2D eigenvalue weighted by molar-refractivity contribution is 7.15. The van der Waals surface area contributed by atoms with Gasteiger partial charge in [0.1, 0.15) is 5.01 Å². The fourth-order valence-electron chi connectivity index (χ4n) is 2.95. The Morgan fingerprint density at radius 1 is 1.03 bits per heavy atom. The lowest BCUT2D eigenvalue weighted by atomic mass is 10.2.